The van der Waals surface area contributed by atoms with E-state index in [1.807, 2.05) is 0 Å². The topological polar surface area (TPSA) is 28.1 Å². The quantitative estimate of drug-likeness (QED) is 0.394. The van der Waals surface area contributed by atoms with Crippen LogP contribution in [0.15, 0.2) is 16.8 Å². The van der Waals surface area contributed by atoms with Gasteiger partial charge in [-0.15, -0.1) is 0 Å². The van der Waals surface area contributed by atoms with E-state index in [2.05, 4.69) is 4.99 Å². The van der Waals surface area contributed by atoms with Gasteiger partial charge in [-0.05, 0) is 0 Å². The van der Waals surface area contributed by atoms with Gasteiger partial charge in [0.2, 0.25) is 0 Å². The number of nitrogens with zero attached hydrogens (tertiary/aromatic N) is 2. The lowest BCUT2D eigenvalue weighted by Gasteiger charge is -2.10. The molecule has 0 bridgehead atoms. The summed E-state index contributed by atoms with van der Waals surface area (Å²) in [6.45, 7) is 0.807. The van der Waals surface area contributed by atoms with E-state index in [-0.39, 0.29) is 12.8 Å². The standard InChI is InChI=1S/C6H7FN2O/c7-9-2-5(1-8-4-9)6-3-10-6/h1-2,6H,3-4H2/t6-/m0/s1. The average Bonchev–Trinajstić information content (AvgIpc) is 2.68. The Bertz CT molecular complexity index is 198. The number of ether oxygens (including phenoxy) is 1. The molecule has 0 aliphatic carbocycles. The molecule has 1 saturated heterocycles. The maximum absolute atomic E-state index is 12.4. The summed E-state index contributed by atoms with van der Waals surface area (Å²) in [5.41, 5.74) is 0.828. The molecular formula is C6H7FN2O. The van der Waals surface area contributed by atoms with Crippen LogP contribution in [0.3, 0.4) is 0 Å². The van der Waals surface area contributed by atoms with Crippen molar-refractivity contribution in [2.45, 2.75) is 6.10 Å². The highest BCUT2D eigenvalue weighted by molar-refractivity contribution is 5.81. The van der Waals surface area contributed by atoms with Crippen molar-refractivity contribution in [3.63, 3.8) is 0 Å². The van der Waals surface area contributed by atoms with Crippen LogP contribution in [0.1, 0.15) is 0 Å². The molecule has 0 saturated carbocycles. The van der Waals surface area contributed by atoms with E-state index in [4.69, 9.17) is 4.74 Å². The van der Waals surface area contributed by atoms with E-state index in [9.17, 15) is 4.48 Å². The Morgan fingerprint density at radius 3 is 3.20 bits per heavy atom. The molecule has 1 fully saturated rings. The first kappa shape index (κ1) is 5.85. The van der Waals surface area contributed by atoms with E-state index >= 15 is 0 Å². The van der Waals surface area contributed by atoms with Gasteiger partial charge in [-0.2, -0.15) is 5.12 Å². The Morgan fingerprint density at radius 1 is 1.80 bits per heavy atom. The third-order valence-electron chi connectivity index (χ3n) is 1.45. The Balaban J connectivity index is 2.10. The van der Waals surface area contributed by atoms with Crippen molar-refractivity contribution < 1.29 is 9.22 Å². The molecule has 1 atom stereocenters. The normalized spacial score (nSPS) is 30.3. The van der Waals surface area contributed by atoms with Gasteiger partial charge >= 0.3 is 0 Å². The van der Waals surface area contributed by atoms with Crippen molar-refractivity contribution in [1.29, 1.82) is 0 Å². The fourth-order valence-electron chi connectivity index (χ4n) is 0.867. The molecule has 3 nitrogen and oxygen atoms in total. The molecule has 0 spiro atoms. The predicted molar refractivity (Wildman–Crippen MR) is 34.1 cm³/mol. The predicted octanol–water partition coefficient (Wildman–Crippen LogP) is 0.498. The number of hydrogen-bond donors (Lipinski definition) is 0. The van der Waals surface area contributed by atoms with Crippen molar-refractivity contribution in [2.24, 2.45) is 4.99 Å². The zero-order chi connectivity index (χ0) is 6.97. The van der Waals surface area contributed by atoms with Crippen LogP contribution in [0.4, 0.5) is 4.48 Å². The maximum atomic E-state index is 12.4. The molecule has 0 amide bonds. The van der Waals surface area contributed by atoms with Gasteiger partial charge in [0.05, 0.1) is 6.61 Å². The summed E-state index contributed by atoms with van der Waals surface area (Å²) in [6, 6.07) is 0. The molecule has 10 heavy (non-hydrogen) atoms. The van der Waals surface area contributed by atoms with Crippen LogP contribution >= 0.6 is 0 Å². The molecule has 4 heteroatoms. The van der Waals surface area contributed by atoms with Crippen LogP contribution in [0.2, 0.25) is 0 Å². The van der Waals surface area contributed by atoms with Crippen LogP contribution in [0, 0.1) is 0 Å². The molecule has 0 aromatic rings. The first-order chi connectivity index (χ1) is 4.86. The Labute approximate surface area is 57.7 Å². The molecule has 2 aliphatic rings. The Hall–Kier alpha value is -0.900. The lowest BCUT2D eigenvalue weighted by Crippen LogP contribution is -2.13. The third-order valence-corrected chi connectivity index (χ3v) is 1.45. The molecule has 0 aromatic carbocycles. The van der Waals surface area contributed by atoms with E-state index in [0.29, 0.717) is 11.7 Å². The zero-order valence-electron chi connectivity index (χ0n) is 5.33. The Morgan fingerprint density at radius 2 is 2.60 bits per heavy atom. The van der Waals surface area contributed by atoms with Crippen LogP contribution < -0.4 is 0 Å². The van der Waals surface area contributed by atoms with Gasteiger partial charge < -0.3 is 4.74 Å². The first-order valence-corrected chi connectivity index (χ1v) is 3.12. The summed E-state index contributed by atoms with van der Waals surface area (Å²) in [5.74, 6) is 0. The molecule has 0 unspecified atom stereocenters. The minimum absolute atomic E-state index is 0.0994. The highest BCUT2D eigenvalue weighted by Crippen LogP contribution is 2.20. The summed E-state index contributed by atoms with van der Waals surface area (Å²) in [4.78, 5) is 3.78. The molecule has 54 valence electrons. The van der Waals surface area contributed by atoms with Crippen molar-refractivity contribution in [2.75, 3.05) is 13.3 Å². The molecule has 0 radical (unpaired) electrons. The Kier molecular flexibility index (Phi) is 1.20. The van der Waals surface area contributed by atoms with E-state index in [0.717, 1.165) is 5.57 Å². The molecule has 0 aromatic heterocycles. The molecule has 2 rings (SSSR count). The summed E-state index contributed by atoms with van der Waals surface area (Å²) in [5, 5.41) is 0.553. The smallest absolute Gasteiger partial charge is 0.140 e. The van der Waals surface area contributed by atoms with Crippen molar-refractivity contribution in [1.82, 2.24) is 5.12 Å². The molecule has 2 heterocycles. The van der Waals surface area contributed by atoms with Crippen molar-refractivity contribution in [3.05, 3.63) is 11.8 Å². The third kappa shape index (κ3) is 1.02. The molecule has 2 aliphatic heterocycles. The lowest BCUT2D eigenvalue weighted by atomic mass is 10.2. The van der Waals surface area contributed by atoms with Crippen LogP contribution in [-0.2, 0) is 4.74 Å². The fraction of sp³-hybridized carbons (Fsp3) is 0.500. The minimum atomic E-state index is 0.0994. The second-order valence-corrected chi connectivity index (χ2v) is 2.30. The van der Waals surface area contributed by atoms with Gasteiger partial charge in [-0.25, -0.2) is 0 Å². The first-order valence-electron chi connectivity index (χ1n) is 3.12. The highest BCUT2D eigenvalue weighted by atomic mass is 19.2. The number of epoxide rings is 1. The summed E-state index contributed by atoms with van der Waals surface area (Å²) >= 11 is 0. The van der Waals surface area contributed by atoms with Crippen LogP contribution in [0.5, 0.6) is 0 Å². The van der Waals surface area contributed by atoms with E-state index in [1.54, 1.807) is 6.21 Å². The van der Waals surface area contributed by atoms with Gasteiger partial charge in [0.1, 0.15) is 12.8 Å². The number of aliphatic imine (C=N–C) groups is 1. The van der Waals surface area contributed by atoms with Gasteiger partial charge in [0, 0.05) is 18.0 Å². The van der Waals surface area contributed by atoms with Gasteiger partial charge in [0.15, 0.2) is 0 Å². The zero-order valence-corrected chi connectivity index (χ0v) is 5.33. The summed E-state index contributed by atoms with van der Waals surface area (Å²) in [6.07, 6.45) is 3.18. The van der Waals surface area contributed by atoms with Crippen LogP contribution in [0.25, 0.3) is 0 Å². The largest absolute Gasteiger partial charge is 0.368 e. The highest BCUT2D eigenvalue weighted by Gasteiger charge is 2.27. The SMILES string of the molecule is FN1C=C([C@@H]2CO2)C=NC1. The van der Waals surface area contributed by atoms with E-state index in [1.165, 1.54) is 6.20 Å². The second-order valence-electron chi connectivity index (χ2n) is 2.30. The number of rotatable bonds is 1. The minimum Gasteiger partial charge on any atom is -0.368 e. The van der Waals surface area contributed by atoms with Crippen LogP contribution in [-0.4, -0.2) is 30.7 Å². The average molecular weight is 142 g/mol. The van der Waals surface area contributed by atoms with Gasteiger partial charge in [-0.1, -0.05) is 4.48 Å². The monoisotopic (exact) mass is 142 g/mol. The molecular weight excluding hydrogens is 135 g/mol. The number of hydrogen-bond acceptors (Lipinski definition) is 3. The molecule has 0 N–H and O–H groups in total. The fourth-order valence-corrected chi connectivity index (χ4v) is 0.867. The van der Waals surface area contributed by atoms with Crippen molar-refractivity contribution >= 4 is 6.21 Å². The van der Waals surface area contributed by atoms with E-state index < -0.39 is 0 Å². The van der Waals surface area contributed by atoms with Crippen molar-refractivity contribution in [3.8, 4) is 0 Å². The summed E-state index contributed by atoms with van der Waals surface area (Å²) in [7, 11) is 0. The van der Waals surface area contributed by atoms with Gasteiger partial charge in [-0.3, -0.25) is 4.99 Å². The lowest BCUT2D eigenvalue weighted by molar-refractivity contribution is 0.0910. The maximum Gasteiger partial charge on any atom is 0.140 e. The number of halogens is 1. The van der Waals surface area contributed by atoms with Gasteiger partial charge in [0.25, 0.3) is 0 Å². The second kappa shape index (κ2) is 2.05. The summed E-state index contributed by atoms with van der Waals surface area (Å²) < 4.78 is 17.4.